The molecule has 0 radical (unpaired) electrons. The molecular weight excluding hydrogens is 286 g/mol. The van der Waals surface area contributed by atoms with Crippen LogP contribution in [0, 0.1) is 24.0 Å². The lowest BCUT2D eigenvalue weighted by molar-refractivity contribution is -0.386. The van der Waals surface area contributed by atoms with Gasteiger partial charge in [0, 0.05) is 11.1 Å². The molecule has 0 aliphatic carbocycles. The summed E-state index contributed by atoms with van der Waals surface area (Å²) < 4.78 is 0. The predicted molar refractivity (Wildman–Crippen MR) is 95.4 cm³/mol. The average molecular weight is 303 g/mol. The lowest BCUT2D eigenvalue weighted by Gasteiger charge is -2.04. The van der Waals surface area contributed by atoms with E-state index in [-0.39, 0.29) is 10.6 Å². The Bertz CT molecular complexity index is 903. The molecule has 3 aromatic rings. The van der Waals surface area contributed by atoms with E-state index in [0.29, 0.717) is 11.1 Å². The first-order valence-electron chi connectivity index (χ1n) is 7.47. The number of hydrogen-bond acceptors (Lipinski definition) is 2. The van der Waals surface area contributed by atoms with Gasteiger partial charge in [-0.3, -0.25) is 10.1 Å². The van der Waals surface area contributed by atoms with Crippen LogP contribution in [0.25, 0.3) is 22.9 Å². The fourth-order valence-electron chi connectivity index (χ4n) is 2.88. The van der Waals surface area contributed by atoms with Gasteiger partial charge in [0.05, 0.1) is 4.92 Å². The van der Waals surface area contributed by atoms with Gasteiger partial charge in [0.2, 0.25) is 0 Å². The maximum atomic E-state index is 11.0. The van der Waals surface area contributed by atoms with E-state index in [2.05, 4.69) is 30.3 Å². The summed E-state index contributed by atoms with van der Waals surface area (Å²) in [7, 11) is 0. The van der Waals surface area contributed by atoms with Crippen molar-refractivity contribution >= 4 is 28.6 Å². The van der Waals surface area contributed by atoms with Gasteiger partial charge in [-0.25, -0.2) is 0 Å². The van der Waals surface area contributed by atoms with Crippen molar-refractivity contribution in [3.63, 3.8) is 0 Å². The van der Waals surface area contributed by atoms with E-state index in [1.54, 1.807) is 13.8 Å². The molecule has 0 N–H and O–H groups in total. The third kappa shape index (κ3) is 3.14. The topological polar surface area (TPSA) is 43.1 Å². The number of hydrogen-bond donors (Lipinski definition) is 0. The molecule has 0 spiro atoms. The Kier molecular flexibility index (Phi) is 3.94. The van der Waals surface area contributed by atoms with Crippen molar-refractivity contribution < 1.29 is 4.92 Å². The fraction of sp³-hybridized carbons (Fsp3) is 0.100. The SMILES string of the molecule is Cc1cc(/C=C/c2ccc3ccccc3c2)cc(C)c1[N+](=O)[O-]. The van der Waals surface area contributed by atoms with Crippen molar-refractivity contribution in [2.45, 2.75) is 13.8 Å². The number of aryl methyl sites for hydroxylation is 2. The van der Waals surface area contributed by atoms with E-state index in [9.17, 15) is 10.1 Å². The molecule has 0 aliphatic rings. The Hall–Kier alpha value is -2.94. The van der Waals surface area contributed by atoms with Gasteiger partial charge in [-0.2, -0.15) is 0 Å². The molecule has 23 heavy (non-hydrogen) atoms. The number of nitro groups is 1. The van der Waals surface area contributed by atoms with Gasteiger partial charge in [-0.1, -0.05) is 48.6 Å². The number of nitro benzene ring substituents is 1. The molecule has 0 heterocycles. The van der Waals surface area contributed by atoms with Crippen LogP contribution in [-0.2, 0) is 0 Å². The Morgan fingerprint density at radius 2 is 1.43 bits per heavy atom. The molecule has 0 fully saturated rings. The first kappa shape index (κ1) is 15.0. The minimum Gasteiger partial charge on any atom is -0.258 e. The molecule has 0 saturated carbocycles. The van der Waals surface area contributed by atoms with Crippen molar-refractivity contribution in [2.75, 3.05) is 0 Å². The van der Waals surface area contributed by atoms with Gasteiger partial charge in [-0.05, 0) is 53.9 Å². The van der Waals surface area contributed by atoms with Crippen LogP contribution in [0.5, 0.6) is 0 Å². The van der Waals surface area contributed by atoms with Crippen molar-refractivity contribution in [3.8, 4) is 0 Å². The largest absolute Gasteiger partial charge is 0.275 e. The van der Waals surface area contributed by atoms with Crippen LogP contribution >= 0.6 is 0 Å². The molecule has 3 rings (SSSR count). The molecule has 0 unspecified atom stereocenters. The lowest BCUT2D eigenvalue weighted by Crippen LogP contribution is -1.95. The number of rotatable bonds is 3. The predicted octanol–water partition coefficient (Wildman–Crippen LogP) is 5.54. The molecular formula is C20H17NO2. The molecule has 3 aromatic carbocycles. The van der Waals surface area contributed by atoms with Crippen LogP contribution in [0.1, 0.15) is 22.3 Å². The van der Waals surface area contributed by atoms with Crippen LogP contribution in [0.4, 0.5) is 5.69 Å². The Balaban J connectivity index is 1.94. The highest BCUT2D eigenvalue weighted by atomic mass is 16.6. The van der Waals surface area contributed by atoms with Gasteiger partial charge < -0.3 is 0 Å². The third-order valence-electron chi connectivity index (χ3n) is 3.94. The van der Waals surface area contributed by atoms with E-state index in [4.69, 9.17) is 0 Å². The normalized spacial score (nSPS) is 11.2. The second kappa shape index (κ2) is 6.05. The summed E-state index contributed by atoms with van der Waals surface area (Å²) >= 11 is 0. The standard InChI is InChI=1S/C20H17NO2/c1-14-11-17(12-15(2)20(14)21(22)23)8-7-16-9-10-18-5-3-4-6-19(18)13-16/h3-13H,1-2H3/b8-7+. The van der Waals surface area contributed by atoms with Crippen LogP contribution in [0.3, 0.4) is 0 Å². The summed E-state index contributed by atoms with van der Waals surface area (Å²) in [5.74, 6) is 0. The first-order chi connectivity index (χ1) is 11.0. The molecule has 0 bridgehead atoms. The molecule has 0 atom stereocenters. The zero-order valence-electron chi connectivity index (χ0n) is 13.1. The Labute approximate surface area is 135 Å². The summed E-state index contributed by atoms with van der Waals surface area (Å²) in [6, 6.07) is 18.2. The maximum absolute atomic E-state index is 11.0. The zero-order chi connectivity index (χ0) is 16.4. The second-order valence-electron chi connectivity index (χ2n) is 5.70. The average Bonchev–Trinajstić information content (AvgIpc) is 2.51. The minimum atomic E-state index is -0.318. The first-order valence-corrected chi connectivity index (χ1v) is 7.47. The van der Waals surface area contributed by atoms with E-state index in [1.165, 1.54) is 10.8 Å². The quantitative estimate of drug-likeness (QED) is 0.362. The highest BCUT2D eigenvalue weighted by Crippen LogP contribution is 2.25. The van der Waals surface area contributed by atoms with Gasteiger partial charge in [-0.15, -0.1) is 0 Å². The number of nitrogens with zero attached hydrogens (tertiary/aromatic N) is 1. The third-order valence-corrected chi connectivity index (χ3v) is 3.94. The minimum absolute atomic E-state index is 0.202. The Morgan fingerprint density at radius 3 is 2.09 bits per heavy atom. The monoisotopic (exact) mass is 303 g/mol. The van der Waals surface area contributed by atoms with Crippen LogP contribution in [0.2, 0.25) is 0 Å². The molecule has 0 amide bonds. The van der Waals surface area contributed by atoms with Crippen molar-refractivity contribution in [3.05, 3.63) is 87.0 Å². The van der Waals surface area contributed by atoms with Crippen molar-refractivity contribution in [1.82, 2.24) is 0 Å². The van der Waals surface area contributed by atoms with E-state index in [0.717, 1.165) is 11.1 Å². The van der Waals surface area contributed by atoms with Gasteiger partial charge in [0.1, 0.15) is 0 Å². The van der Waals surface area contributed by atoms with Crippen LogP contribution in [0.15, 0.2) is 54.6 Å². The highest BCUT2D eigenvalue weighted by molar-refractivity contribution is 5.86. The summed E-state index contributed by atoms with van der Waals surface area (Å²) in [5, 5.41) is 13.5. The van der Waals surface area contributed by atoms with Crippen LogP contribution < -0.4 is 0 Å². The summed E-state index contributed by atoms with van der Waals surface area (Å²) in [5.41, 5.74) is 3.66. The highest BCUT2D eigenvalue weighted by Gasteiger charge is 2.14. The summed E-state index contributed by atoms with van der Waals surface area (Å²) in [6.45, 7) is 3.55. The number of benzene rings is 3. The zero-order valence-corrected chi connectivity index (χ0v) is 13.1. The molecule has 0 aliphatic heterocycles. The second-order valence-corrected chi connectivity index (χ2v) is 5.70. The summed E-state index contributed by atoms with van der Waals surface area (Å²) in [4.78, 5) is 10.7. The van der Waals surface area contributed by atoms with Crippen molar-refractivity contribution in [2.24, 2.45) is 0 Å². The Morgan fingerprint density at radius 1 is 0.826 bits per heavy atom. The number of fused-ring (bicyclic) bond motifs is 1. The van der Waals surface area contributed by atoms with Gasteiger partial charge in [0.15, 0.2) is 0 Å². The van der Waals surface area contributed by atoms with Crippen molar-refractivity contribution in [1.29, 1.82) is 0 Å². The molecule has 0 saturated heterocycles. The molecule has 3 nitrogen and oxygen atoms in total. The molecule has 114 valence electrons. The van der Waals surface area contributed by atoms with E-state index >= 15 is 0 Å². The van der Waals surface area contributed by atoms with E-state index < -0.39 is 0 Å². The van der Waals surface area contributed by atoms with Gasteiger partial charge in [0.25, 0.3) is 5.69 Å². The molecule has 3 heteroatoms. The fourth-order valence-corrected chi connectivity index (χ4v) is 2.88. The van der Waals surface area contributed by atoms with E-state index in [1.807, 2.05) is 36.4 Å². The van der Waals surface area contributed by atoms with Gasteiger partial charge >= 0.3 is 0 Å². The van der Waals surface area contributed by atoms with Crippen LogP contribution in [-0.4, -0.2) is 4.92 Å². The lowest BCUT2D eigenvalue weighted by atomic mass is 10.0. The maximum Gasteiger partial charge on any atom is 0.275 e. The molecule has 0 aromatic heterocycles. The summed E-state index contributed by atoms with van der Waals surface area (Å²) in [6.07, 6.45) is 4.03. The smallest absolute Gasteiger partial charge is 0.258 e.